The lowest BCUT2D eigenvalue weighted by molar-refractivity contribution is -0.127. The highest BCUT2D eigenvalue weighted by molar-refractivity contribution is 7.89. The smallest absolute Gasteiger partial charge is 0.246 e. The Morgan fingerprint density at radius 3 is 2.46 bits per heavy atom. The normalized spacial score (nSPS) is 16.3. The van der Waals surface area contributed by atoms with Crippen molar-refractivity contribution < 1.29 is 22.0 Å². The van der Waals surface area contributed by atoms with Crippen LogP contribution in [0.25, 0.3) is 6.08 Å². The Morgan fingerprint density at radius 1 is 1.12 bits per heavy atom. The fourth-order valence-electron chi connectivity index (χ4n) is 2.62. The van der Waals surface area contributed by atoms with Gasteiger partial charge in [-0.05, 0) is 40.6 Å². The number of carbonyl (C=O) groups excluding carboxylic acids is 1. The van der Waals surface area contributed by atoms with E-state index in [-0.39, 0.29) is 32.1 Å². The first-order valence-electron chi connectivity index (χ1n) is 7.82. The topological polar surface area (TPSA) is 57.7 Å². The van der Waals surface area contributed by atoms with Gasteiger partial charge in [-0.1, -0.05) is 0 Å². The van der Waals surface area contributed by atoms with Crippen LogP contribution in [0.1, 0.15) is 5.56 Å². The van der Waals surface area contributed by atoms with Gasteiger partial charge in [-0.3, -0.25) is 4.79 Å². The van der Waals surface area contributed by atoms with Gasteiger partial charge in [0.25, 0.3) is 0 Å². The molecule has 0 radical (unpaired) electrons. The molecule has 1 aromatic carbocycles. The van der Waals surface area contributed by atoms with Crippen molar-refractivity contribution in [2.75, 3.05) is 26.2 Å². The molecule has 0 N–H and O–H groups in total. The fraction of sp³-hybridized carbons (Fsp3) is 0.235. The van der Waals surface area contributed by atoms with Gasteiger partial charge in [0, 0.05) is 38.3 Å². The van der Waals surface area contributed by atoms with Crippen LogP contribution >= 0.6 is 11.3 Å². The minimum atomic E-state index is -4.07. The molecule has 138 valence electrons. The Balaban J connectivity index is 1.65. The maximum Gasteiger partial charge on any atom is 0.246 e. The fourth-order valence-corrected chi connectivity index (χ4v) is 4.71. The zero-order valence-corrected chi connectivity index (χ0v) is 15.3. The molecule has 26 heavy (non-hydrogen) atoms. The van der Waals surface area contributed by atoms with Gasteiger partial charge in [-0.15, -0.1) is 0 Å². The van der Waals surface area contributed by atoms with Crippen molar-refractivity contribution in [3.63, 3.8) is 0 Å². The SMILES string of the molecule is O=C(/C=C/c1ccsc1)N1CCN(S(=O)(=O)c2ccc(F)cc2F)CC1. The van der Waals surface area contributed by atoms with Gasteiger partial charge in [0.15, 0.2) is 0 Å². The molecule has 1 fully saturated rings. The Bertz CT molecular complexity index is 919. The first-order valence-corrected chi connectivity index (χ1v) is 10.2. The number of halogens is 2. The number of carbonyl (C=O) groups is 1. The minimum absolute atomic E-state index is 0.0528. The molecule has 1 aromatic heterocycles. The van der Waals surface area contributed by atoms with Crippen LogP contribution in [0.15, 0.2) is 46.0 Å². The lowest BCUT2D eigenvalue weighted by Crippen LogP contribution is -2.50. The van der Waals surface area contributed by atoms with Gasteiger partial charge >= 0.3 is 0 Å². The second-order valence-corrected chi connectivity index (χ2v) is 8.38. The number of hydrogen-bond donors (Lipinski definition) is 0. The van der Waals surface area contributed by atoms with Crippen LogP contribution in [0.4, 0.5) is 8.78 Å². The molecule has 1 saturated heterocycles. The lowest BCUT2D eigenvalue weighted by Gasteiger charge is -2.33. The van der Waals surface area contributed by atoms with Crippen molar-refractivity contribution in [1.82, 2.24) is 9.21 Å². The molecule has 2 heterocycles. The third-order valence-electron chi connectivity index (χ3n) is 4.02. The maximum absolute atomic E-state index is 13.8. The molecule has 0 aliphatic carbocycles. The summed E-state index contributed by atoms with van der Waals surface area (Å²) in [6.45, 7) is 0.512. The predicted octanol–water partition coefficient (Wildman–Crippen LogP) is 2.57. The summed E-state index contributed by atoms with van der Waals surface area (Å²) in [6, 6.07) is 4.25. The van der Waals surface area contributed by atoms with Gasteiger partial charge in [-0.2, -0.15) is 15.6 Å². The molecule has 9 heteroatoms. The summed E-state index contributed by atoms with van der Waals surface area (Å²) >= 11 is 1.53. The Morgan fingerprint density at radius 2 is 1.85 bits per heavy atom. The van der Waals surface area contributed by atoms with Crippen LogP contribution in [0.2, 0.25) is 0 Å². The van der Waals surface area contributed by atoms with Crippen LogP contribution in [-0.4, -0.2) is 49.7 Å². The van der Waals surface area contributed by atoms with E-state index in [4.69, 9.17) is 0 Å². The highest BCUT2D eigenvalue weighted by atomic mass is 32.2. The van der Waals surface area contributed by atoms with Crippen molar-refractivity contribution in [1.29, 1.82) is 0 Å². The van der Waals surface area contributed by atoms with E-state index in [1.54, 1.807) is 6.08 Å². The summed E-state index contributed by atoms with van der Waals surface area (Å²) in [5, 5.41) is 3.81. The molecule has 3 rings (SSSR count). The van der Waals surface area contributed by atoms with Gasteiger partial charge < -0.3 is 4.90 Å². The number of piperazine rings is 1. The van der Waals surface area contributed by atoms with E-state index in [0.29, 0.717) is 6.07 Å². The van der Waals surface area contributed by atoms with Gasteiger partial charge in [0.05, 0.1) is 0 Å². The molecular formula is C17H16F2N2O3S2. The molecule has 1 aliphatic heterocycles. The Hall–Kier alpha value is -2.10. The summed E-state index contributed by atoms with van der Waals surface area (Å²) in [5.74, 6) is -2.17. The molecule has 0 spiro atoms. The standard InChI is InChI=1S/C17H16F2N2O3S2/c18-14-2-3-16(15(19)11-14)26(23,24)21-8-6-20(7-9-21)17(22)4-1-13-5-10-25-12-13/h1-5,10-12H,6-9H2/b4-1+. The Kier molecular flexibility index (Phi) is 5.49. The third-order valence-corrected chi connectivity index (χ3v) is 6.66. The summed E-state index contributed by atoms with van der Waals surface area (Å²) in [4.78, 5) is 13.2. The van der Waals surface area contributed by atoms with Crippen LogP contribution in [-0.2, 0) is 14.8 Å². The van der Waals surface area contributed by atoms with Crippen molar-refractivity contribution >= 4 is 33.3 Å². The lowest BCUT2D eigenvalue weighted by atomic mass is 10.3. The first-order chi connectivity index (χ1) is 12.4. The quantitative estimate of drug-likeness (QED) is 0.744. The number of rotatable bonds is 4. The van der Waals surface area contributed by atoms with Crippen LogP contribution in [0, 0.1) is 11.6 Å². The average Bonchev–Trinajstić information content (AvgIpc) is 3.13. The number of nitrogens with zero attached hydrogens (tertiary/aromatic N) is 2. The number of hydrogen-bond acceptors (Lipinski definition) is 4. The van der Waals surface area contributed by atoms with Crippen LogP contribution < -0.4 is 0 Å². The van der Waals surface area contributed by atoms with E-state index >= 15 is 0 Å². The van der Waals surface area contributed by atoms with E-state index in [1.165, 1.54) is 22.3 Å². The maximum atomic E-state index is 13.8. The van der Waals surface area contributed by atoms with Gasteiger partial charge in [0.1, 0.15) is 16.5 Å². The van der Waals surface area contributed by atoms with Crippen LogP contribution in [0.5, 0.6) is 0 Å². The molecular weight excluding hydrogens is 382 g/mol. The summed E-state index contributed by atoms with van der Waals surface area (Å²) in [6.07, 6.45) is 3.15. The molecule has 0 saturated carbocycles. The highest BCUT2D eigenvalue weighted by Gasteiger charge is 2.31. The predicted molar refractivity (Wildman–Crippen MR) is 95.0 cm³/mol. The molecule has 0 bridgehead atoms. The second kappa shape index (κ2) is 7.65. The van der Waals surface area contributed by atoms with E-state index in [2.05, 4.69) is 0 Å². The molecule has 2 aromatic rings. The highest BCUT2D eigenvalue weighted by Crippen LogP contribution is 2.21. The van der Waals surface area contributed by atoms with E-state index in [9.17, 15) is 22.0 Å². The largest absolute Gasteiger partial charge is 0.337 e. The number of sulfonamides is 1. The summed E-state index contributed by atoms with van der Waals surface area (Å²) in [7, 11) is -4.07. The van der Waals surface area contributed by atoms with Crippen molar-refractivity contribution in [3.8, 4) is 0 Å². The van der Waals surface area contributed by atoms with Crippen LogP contribution in [0.3, 0.4) is 0 Å². The number of thiophene rings is 1. The van der Waals surface area contributed by atoms with E-state index < -0.39 is 26.6 Å². The van der Waals surface area contributed by atoms with Gasteiger partial charge in [-0.25, -0.2) is 17.2 Å². The molecule has 5 nitrogen and oxygen atoms in total. The third kappa shape index (κ3) is 4.00. The summed E-state index contributed by atoms with van der Waals surface area (Å²) in [5.41, 5.74) is 0.927. The average molecular weight is 398 g/mol. The minimum Gasteiger partial charge on any atom is -0.337 e. The number of amides is 1. The molecule has 0 unspecified atom stereocenters. The summed E-state index contributed by atoms with van der Waals surface area (Å²) < 4.78 is 53.0. The van der Waals surface area contributed by atoms with Gasteiger partial charge in [0.2, 0.25) is 15.9 Å². The number of benzene rings is 1. The van der Waals surface area contributed by atoms with Crippen molar-refractivity contribution in [3.05, 3.63) is 58.3 Å². The van der Waals surface area contributed by atoms with E-state index in [0.717, 1.165) is 22.0 Å². The molecule has 1 amide bonds. The Labute approximate surface area is 154 Å². The second-order valence-electron chi connectivity index (χ2n) is 5.69. The van der Waals surface area contributed by atoms with E-state index in [1.807, 2.05) is 16.8 Å². The molecule has 0 atom stereocenters. The molecule has 1 aliphatic rings. The monoisotopic (exact) mass is 398 g/mol. The zero-order valence-electron chi connectivity index (χ0n) is 13.6. The van der Waals surface area contributed by atoms with Crippen molar-refractivity contribution in [2.45, 2.75) is 4.90 Å². The zero-order chi connectivity index (χ0) is 18.7. The van der Waals surface area contributed by atoms with Crippen molar-refractivity contribution in [2.24, 2.45) is 0 Å². The first kappa shape index (κ1) is 18.7.